The van der Waals surface area contributed by atoms with Gasteiger partial charge >= 0.3 is 11.2 Å². The molecule has 0 saturated heterocycles. The molecule has 0 heterocycles. The molecule has 0 atom stereocenters. The monoisotopic (exact) mass is 241 g/mol. The number of nitro groups is 1. The summed E-state index contributed by atoms with van der Waals surface area (Å²) in [6, 6.07) is 2.56. The van der Waals surface area contributed by atoms with Gasteiger partial charge in [0.15, 0.2) is 0 Å². The minimum atomic E-state index is -4.68. The standard InChI is InChI=1S/C7H3F4NO2S/c8-4-2-1-3-5(6(4)12(13)14)15-7(9,10)11/h1-3H. The molecule has 0 N–H and O–H groups in total. The molecular weight excluding hydrogens is 238 g/mol. The lowest BCUT2D eigenvalue weighted by Crippen LogP contribution is -2.02. The van der Waals surface area contributed by atoms with E-state index in [1.807, 2.05) is 0 Å². The summed E-state index contributed by atoms with van der Waals surface area (Å²) in [5, 5.41) is 10.3. The lowest BCUT2D eigenvalue weighted by molar-refractivity contribution is -0.390. The van der Waals surface area contributed by atoms with Crippen LogP contribution < -0.4 is 0 Å². The summed E-state index contributed by atoms with van der Waals surface area (Å²) in [5.41, 5.74) is -5.83. The molecule has 8 heteroatoms. The van der Waals surface area contributed by atoms with Crippen LogP contribution in [0.4, 0.5) is 23.2 Å². The van der Waals surface area contributed by atoms with Gasteiger partial charge in [-0.15, -0.1) is 0 Å². The van der Waals surface area contributed by atoms with Gasteiger partial charge in [0.25, 0.3) is 0 Å². The maximum Gasteiger partial charge on any atom is 0.446 e. The number of halogens is 4. The minimum absolute atomic E-state index is 0.712. The number of para-hydroxylation sites is 1. The van der Waals surface area contributed by atoms with Gasteiger partial charge in [-0.3, -0.25) is 10.1 Å². The van der Waals surface area contributed by atoms with E-state index in [0.29, 0.717) is 0 Å². The molecular formula is C7H3F4NO2S. The molecule has 0 unspecified atom stereocenters. The number of alkyl halides is 3. The van der Waals surface area contributed by atoms with Crippen molar-refractivity contribution in [1.29, 1.82) is 0 Å². The van der Waals surface area contributed by atoms with E-state index < -0.39 is 38.6 Å². The normalized spacial score (nSPS) is 11.5. The maximum atomic E-state index is 12.9. The third-order valence-electron chi connectivity index (χ3n) is 1.36. The highest BCUT2D eigenvalue weighted by Crippen LogP contribution is 2.41. The number of thioether (sulfide) groups is 1. The Morgan fingerprint density at radius 1 is 1.33 bits per heavy atom. The lowest BCUT2D eigenvalue weighted by Gasteiger charge is -2.05. The van der Waals surface area contributed by atoms with Crippen molar-refractivity contribution in [2.24, 2.45) is 0 Å². The smallest absolute Gasteiger partial charge is 0.258 e. The van der Waals surface area contributed by atoms with E-state index in [1.165, 1.54) is 0 Å². The summed E-state index contributed by atoms with van der Waals surface area (Å²) in [7, 11) is 0. The second-order valence-electron chi connectivity index (χ2n) is 2.39. The number of hydrogen-bond acceptors (Lipinski definition) is 3. The lowest BCUT2D eigenvalue weighted by atomic mass is 10.3. The van der Waals surface area contributed by atoms with Gasteiger partial charge in [-0.2, -0.15) is 17.6 Å². The Morgan fingerprint density at radius 2 is 1.93 bits per heavy atom. The molecule has 0 bridgehead atoms. The Bertz CT molecular complexity index is 393. The Hall–Kier alpha value is -1.31. The Labute approximate surface area is 85.2 Å². The highest BCUT2D eigenvalue weighted by molar-refractivity contribution is 8.00. The summed E-state index contributed by atoms with van der Waals surface area (Å²) in [6.07, 6.45) is 0. The molecule has 0 saturated carbocycles. The van der Waals surface area contributed by atoms with Crippen molar-refractivity contribution < 1.29 is 22.5 Å². The van der Waals surface area contributed by atoms with E-state index in [4.69, 9.17) is 0 Å². The topological polar surface area (TPSA) is 43.1 Å². The predicted molar refractivity (Wildman–Crippen MR) is 45.0 cm³/mol. The average Bonchev–Trinajstić information content (AvgIpc) is 1.99. The van der Waals surface area contributed by atoms with Gasteiger partial charge < -0.3 is 0 Å². The first-order chi connectivity index (χ1) is 6.81. The molecule has 15 heavy (non-hydrogen) atoms. The molecule has 0 aliphatic rings. The van der Waals surface area contributed by atoms with Crippen molar-refractivity contribution in [2.75, 3.05) is 0 Å². The van der Waals surface area contributed by atoms with Gasteiger partial charge in [0, 0.05) is 0 Å². The molecule has 1 aromatic carbocycles. The molecule has 0 amide bonds. The van der Waals surface area contributed by atoms with Crippen molar-refractivity contribution in [1.82, 2.24) is 0 Å². The molecule has 0 radical (unpaired) electrons. The second-order valence-corrected chi connectivity index (χ2v) is 3.50. The number of nitrogens with zero attached hydrogens (tertiary/aromatic N) is 1. The van der Waals surface area contributed by atoms with Crippen LogP contribution in [0.2, 0.25) is 0 Å². The number of benzene rings is 1. The van der Waals surface area contributed by atoms with Crippen LogP contribution in [0.1, 0.15) is 0 Å². The zero-order valence-electron chi connectivity index (χ0n) is 6.92. The van der Waals surface area contributed by atoms with Crippen LogP contribution >= 0.6 is 11.8 Å². The number of rotatable bonds is 2. The largest absolute Gasteiger partial charge is 0.446 e. The summed E-state index contributed by atoms with van der Waals surface area (Å²) >= 11 is -0.712. The van der Waals surface area contributed by atoms with E-state index >= 15 is 0 Å². The third-order valence-corrected chi connectivity index (χ3v) is 2.14. The molecule has 0 aliphatic heterocycles. The summed E-state index contributed by atoms with van der Waals surface area (Å²) in [6.45, 7) is 0. The first-order valence-corrected chi connectivity index (χ1v) is 4.31. The number of hydrogen-bond donors (Lipinski definition) is 0. The van der Waals surface area contributed by atoms with E-state index in [2.05, 4.69) is 0 Å². The zero-order chi connectivity index (χ0) is 11.6. The molecule has 3 nitrogen and oxygen atoms in total. The van der Waals surface area contributed by atoms with Crippen LogP contribution in [0.25, 0.3) is 0 Å². The highest BCUT2D eigenvalue weighted by Gasteiger charge is 2.34. The molecule has 0 spiro atoms. The fraction of sp³-hybridized carbons (Fsp3) is 0.143. The summed E-state index contributed by atoms with van der Waals surface area (Å²) < 4.78 is 48.7. The van der Waals surface area contributed by atoms with Crippen molar-refractivity contribution in [3.63, 3.8) is 0 Å². The van der Waals surface area contributed by atoms with E-state index in [1.54, 1.807) is 0 Å². The predicted octanol–water partition coefficient (Wildman–Crippen LogP) is 3.35. The first kappa shape index (κ1) is 11.8. The van der Waals surface area contributed by atoms with E-state index in [9.17, 15) is 27.7 Å². The fourth-order valence-corrected chi connectivity index (χ4v) is 1.54. The molecule has 0 aliphatic carbocycles. The Morgan fingerprint density at radius 3 is 2.40 bits per heavy atom. The quantitative estimate of drug-likeness (QED) is 0.345. The van der Waals surface area contributed by atoms with Crippen LogP contribution in [-0.4, -0.2) is 10.4 Å². The van der Waals surface area contributed by atoms with Crippen LogP contribution in [0.3, 0.4) is 0 Å². The maximum absolute atomic E-state index is 12.9. The highest BCUT2D eigenvalue weighted by atomic mass is 32.2. The van der Waals surface area contributed by atoms with Gasteiger partial charge in [-0.05, 0) is 23.9 Å². The SMILES string of the molecule is O=[N+]([O-])c1c(F)cccc1SC(F)(F)F. The van der Waals surface area contributed by atoms with Gasteiger partial charge in [0.2, 0.25) is 5.82 Å². The third kappa shape index (κ3) is 3.08. The van der Waals surface area contributed by atoms with E-state index in [0.717, 1.165) is 18.2 Å². The molecule has 0 aromatic heterocycles. The zero-order valence-corrected chi connectivity index (χ0v) is 7.73. The van der Waals surface area contributed by atoms with Crippen molar-refractivity contribution in [3.8, 4) is 0 Å². The Balaban J connectivity index is 3.18. The van der Waals surface area contributed by atoms with Gasteiger partial charge in [0.1, 0.15) is 0 Å². The second kappa shape index (κ2) is 4.05. The van der Waals surface area contributed by atoms with Crippen LogP contribution in [0.15, 0.2) is 23.1 Å². The Kier molecular flexibility index (Phi) is 3.18. The van der Waals surface area contributed by atoms with Crippen molar-refractivity contribution >= 4 is 17.4 Å². The van der Waals surface area contributed by atoms with Crippen molar-refractivity contribution in [2.45, 2.75) is 10.4 Å². The molecule has 82 valence electrons. The molecule has 1 aromatic rings. The fourth-order valence-electron chi connectivity index (χ4n) is 0.880. The number of nitro benzene ring substituents is 1. The van der Waals surface area contributed by atoms with Crippen molar-refractivity contribution in [3.05, 3.63) is 34.1 Å². The average molecular weight is 241 g/mol. The van der Waals surface area contributed by atoms with E-state index in [-0.39, 0.29) is 0 Å². The van der Waals surface area contributed by atoms with Crippen LogP contribution in [0.5, 0.6) is 0 Å². The summed E-state index contributed by atoms with van der Waals surface area (Å²) in [4.78, 5) is 8.38. The van der Waals surface area contributed by atoms with Crippen LogP contribution in [-0.2, 0) is 0 Å². The minimum Gasteiger partial charge on any atom is -0.258 e. The van der Waals surface area contributed by atoms with Gasteiger partial charge in [-0.1, -0.05) is 6.07 Å². The molecule has 1 rings (SSSR count). The van der Waals surface area contributed by atoms with Gasteiger partial charge in [-0.25, -0.2) is 0 Å². The molecule has 0 fully saturated rings. The van der Waals surface area contributed by atoms with Crippen LogP contribution in [0, 0.1) is 15.9 Å². The first-order valence-electron chi connectivity index (χ1n) is 3.50. The summed E-state index contributed by atoms with van der Waals surface area (Å²) in [5.74, 6) is -1.28. The van der Waals surface area contributed by atoms with Gasteiger partial charge in [0.05, 0.1) is 9.82 Å².